The van der Waals surface area contributed by atoms with Gasteiger partial charge in [0.15, 0.2) is 0 Å². The molecule has 8 heteroatoms. The maximum absolute atomic E-state index is 12.1. The fraction of sp³-hybridized carbons (Fsp3) is 0.500. The number of amides is 1. The van der Waals surface area contributed by atoms with Crippen LogP contribution >= 0.6 is 11.6 Å². The monoisotopic (exact) mass is 348 g/mol. The second-order valence-corrected chi connectivity index (χ2v) is 6.54. The van der Waals surface area contributed by atoms with Gasteiger partial charge < -0.3 is 5.32 Å². The highest BCUT2D eigenvalue weighted by atomic mass is 35.5. The van der Waals surface area contributed by atoms with E-state index in [2.05, 4.69) is 32.3 Å². The van der Waals surface area contributed by atoms with Crippen molar-refractivity contribution in [3.05, 3.63) is 40.7 Å². The highest BCUT2D eigenvalue weighted by Crippen LogP contribution is 2.30. The van der Waals surface area contributed by atoms with Crippen LogP contribution in [0.15, 0.2) is 18.6 Å². The first kappa shape index (κ1) is 16.9. The maximum Gasteiger partial charge on any atom is 0.242 e. The molecule has 1 aliphatic heterocycles. The number of likely N-dealkylation sites (tertiary alicyclic amines) is 1. The highest BCUT2D eigenvalue weighted by molar-refractivity contribution is 6.30. The Morgan fingerprint density at radius 2 is 2.29 bits per heavy atom. The number of aromatic nitrogens is 4. The molecule has 0 saturated carbocycles. The quantitative estimate of drug-likeness (QED) is 0.890. The Labute approximate surface area is 146 Å². The third-order valence-electron chi connectivity index (χ3n) is 4.24. The zero-order valence-electron chi connectivity index (χ0n) is 13.9. The molecule has 3 heterocycles. The first-order valence-electron chi connectivity index (χ1n) is 8.00. The summed E-state index contributed by atoms with van der Waals surface area (Å²) in [6.07, 6.45) is 7.19. The predicted octanol–water partition coefficient (Wildman–Crippen LogP) is 1.72. The minimum atomic E-state index is -0.124. The van der Waals surface area contributed by atoms with Crippen LogP contribution in [0.5, 0.6) is 0 Å². The third-order valence-corrected chi connectivity index (χ3v) is 4.43. The summed E-state index contributed by atoms with van der Waals surface area (Å²) in [5, 5.41) is 7.43. The Bertz CT molecular complexity index is 731. The lowest BCUT2D eigenvalue weighted by Crippen LogP contribution is -2.29. The van der Waals surface area contributed by atoms with Gasteiger partial charge in [-0.2, -0.15) is 5.10 Å². The topological polar surface area (TPSA) is 75.9 Å². The van der Waals surface area contributed by atoms with E-state index in [-0.39, 0.29) is 12.5 Å². The molecule has 128 valence electrons. The molecule has 1 N–H and O–H groups in total. The number of carbonyl (C=O) groups is 1. The first-order chi connectivity index (χ1) is 11.5. The van der Waals surface area contributed by atoms with Gasteiger partial charge in [-0.1, -0.05) is 11.6 Å². The largest absolute Gasteiger partial charge is 0.350 e. The summed E-state index contributed by atoms with van der Waals surface area (Å²) in [4.78, 5) is 23.3. The van der Waals surface area contributed by atoms with Crippen LogP contribution in [0.1, 0.15) is 36.0 Å². The average molecular weight is 349 g/mol. The van der Waals surface area contributed by atoms with Crippen LogP contribution < -0.4 is 5.32 Å². The number of aryl methyl sites for hydroxylation is 1. The Morgan fingerprint density at radius 3 is 2.96 bits per heavy atom. The van der Waals surface area contributed by atoms with E-state index < -0.39 is 0 Å². The molecule has 2 aromatic rings. The molecule has 0 aromatic carbocycles. The maximum atomic E-state index is 12.1. The second-order valence-electron chi connectivity index (χ2n) is 6.10. The van der Waals surface area contributed by atoms with Crippen molar-refractivity contribution in [2.45, 2.75) is 38.9 Å². The minimum absolute atomic E-state index is 0.124. The van der Waals surface area contributed by atoms with Gasteiger partial charge in [-0.15, -0.1) is 0 Å². The lowest BCUT2D eigenvalue weighted by Gasteiger charge is -2.21. The van der Waals surface area contributed by atoms with Crippen molar-refractivity contribution in [2.75, 3.05) is 13.6 Å². The van der Waals surface area contributed by atoms with Gasteiger partial charge in [-0.25, -0.2) is 9.97 Å². The molecular weight excluding hydrogens is 328 g/mol. The normalized spacial score (nSPS) is 18.0. The lowest BCUT2D eigenvalue weighted by atomic mass is 10.1. The number of nitrogens with one attached hydrogen (secondary N) is 1. The van der Waals surface area contributed by atoms with E-state index in [1.54, 1.807) is 6.20 Å². The third kappa shape index (κ3) is 3.91. The molecule has 7 nitrogen and oxygen atoms in total. The van der Waals surface area contributed by atoms with Gasteiger partial charge in [0.2, 0.25) is 5.91 Å². The molecule has 0 radical (unpaired) electrons. The Balaban J connectivity index is 1.67. The van der Waals surface area contributed by atoms with Crippen LogP contribution in [0.2, 0.25) is 5.02 Å². The van der Waals surface area contributed by atoms with Crippen molar-refractivity contribution in [1.82, 2.24) is 30.0 Å². The summed E-state index contributed by atoms with van der Waals surface area (Å²) in [6, 6.07) is 0.295. The molecule has 2 aromatic heterocycles. The number of rotatable bonds is 5. The second kappa shape index (κ2) is 7.27. The number of hydrogen-bond donors (Lipinski definition) is 1. The van der Waals surface area contributed by atoms with Crippen molar-refractivity contribution in [3.63, 3.8) is 0 Å². The first-order valence-corrected chi connectivity index (χ1v) is 8.38. The van der Waals surface area contributed by atoms with E-state index in [9.17, 15) is 4.79 Å². The molecule has 24 heavy (non-hydrogen) atoms. The summed E-state index contributed by atoms with van der Waals surface area (Å²) >= 11 is 5.80. The van der Waals surface area contributed by atoms with Crippen LogP contribution in [0, 0.1) is 6.92 Å². The van der Waals surface area contributed by atoms with Gasteiger partial charge in [0.05, 0.1) is 23.0 Å². The molecule has 1 atom stereocenters. The summed E-state index contributed by atoms with van der Waals surface area (Å²) in [5.41, 5.74) is 1.98. The summed E-state index contributed by atoms with van der Waals surface area (Å²) in [5.74, 6) is 0.632. The molecule has 1 aliphatic rings. The van der Waals surface area contributed by atoms with E-state index in [0.29, 0.717) is 17.6 Å². The van der Waals surface area contributed by atoms with E-state index >= 15 is 0 Å². The molecule has 0 bridgehead atoms. The predicted molar refractivity (Wildman–Crippen MR) is 90.5 cm³/mol. The van der Waals surface area contributed by atoms with Gasteiger partial charge in [-0.3, -0.25) is 14.4 Å². The molecule has 0 unspecified atom stereocenters. The summed E-state index contributed by atoms with van der Waals surface area (Å²) in [6.45, 7) is 3.51. The average Bonchev–Trinajstić information content (AvgIpc) is 3.14. The lowest BCUT2D eigenvalue weighted by molar-refractivity contribution is -0.122. The van der Waals surface area contributed by atoms with Gasteiger partial charge in [-0.05, 0) is 33.4 Å². The standard InChI is InChI=1S/C16H21ClN6O/c1-11-18-6-12(16(21-11)14-4-3-5-22(14)2)7-19-15(24)10-23-9-13(17)8-20-23/h6,8-9,14H,3-5,7,10H2,1-2H3,(H,19,24)/t14-/m0/s1. The fourth-order valence-electron chi connectivity index (χ4n) is 3.01. The fourth-order valence-corrected chi connectivity index (χ4v) is 3.17. The van der Waals surface area contributed by atoms with Gasteiger partial charge >= 0.3 is 0 Å². The van der Waals surface area contributed by atoms with Crippen molar-refractivity contribution < 1.29 is 4.79 Å². The molecule has 1 fully saturated rings. The number of hydrogen-bond acceptors (Lipinski definition) is 5. The minimum Gasteiger partial charge on any atom is -0.350 e. The zero-order chi connectivity index (χ0) is 17.1. The van der Waals surface area contributed by atoms with Crippen molar-refractivity contribution in [2.24, 2.45) is 0 Å². The Kier molecular flexibility index (Phi) is 5.11. The van der Waals surface area contributed by atoms with Crippen LogP contribution in [0.3, 0.4) is 0 Å². The molecule has 1 amide bonds. The number of carbonyl (C=O) groups excluding carboxylic acids is 1. The van der Waals surface area contributed by atoms with Crippen molar-refractivity contribution in [1.29, 1.82) is 0 Å². The summed E-state index contributed by atoms with van der Waals surface area (Å²) in [7, 11) is 2.11. The Morgan fingerprint density at radius 1 is 1.46 bits per heavy atom. The van der Waals surface area contributed by atoms with Gasteiger partial charge in [0.1, 0.15) is 12.4 Å². The molecule has 1 saturated heterocycles. The highest BCUT2D eigenvalue weighted by Gasteiger charge is 2.26. The van der Waals surface area contributed by atoms with Crippen molar-refractivity contribution >= 4 is 17.5 Å². The summed E-state index contributed by atoms with van der Waals surface area (Å²) < 4.78 is 1.51. The van der Waals surface area contributed by atoms with Crippen molar-refractivity contribution in [3.8, 4) is 0 Å². The van der Waals surface area contributed by atoms with E-state index in [0.717, 1.165) is 36.5 Å². The van der Waals surface area contributed by atoms with E-state index in [1.165, 1.54) is 10.9 Å². The molecular formula is C16H21ClN6O. The molecule has 0 aliphatic carbocycles. The van der Waals surface area contributed by atoms with E-state index in [4.69, 9.17) is 11.6 Å². The smallest absolute Gasteiger partial charge is 0.242 e. The Hall–Kier alpha value is -1.99. The zero-order valence-corrected chi connectivity index (χ0v) is 14.6. The molecule has 3 rings (SSSR count). The number of halogens is 1. The van der Waals surface area contributed by atoms with Gasteiger partial charge in [0.25, 0.3) is 0 Å². The van der Waals surface area contributed by atoms with Gasteiger partial charge in [0, 0.05) is 24.5 Å². The van der Waals surface area contributed by atoms with Crippen LogP contribution in [0.4, 0.5) is 0 Å². The van der Waals surface area contributed by atoms with Crippen LogP contribution in [-0.4, -0.2) is 44.1 Å². The number of nitrogens with zero attached hydrogens (tertiary/aromatic N) is 5. The van der Waals surface area contributed by atoms with Crippen LogP contribution in [-0.2, 0) is 17.9 Å². The van der Waals surface area contributed by atoms with E-state index in [1.807, 2.05) is 13.1 Å². The van der Waals surface area contributed by atoms with Crippen LogP contribution in [0.25, 0.3) is 0 Å². The molecule has 0 spiro atoms. The SMILES string of the molecule is Cc1ncc(CNC(=O)Cn2cc(Cl)cn2)c([C@@H]2CCCN2C)n1.